The van der Waals surface area contributed by atoms with E-state index in [1.807, 2.05) is 9.96 Å². The van der Waals surface area contributed by atoms with Gasteiger partial charge in [0.1, 0.15) is 6.10 Å². The zero-order valence-corrected chi connectivity index (χ0v) is 14.9. The largest absolute Gasteiger partial charge is 0.342 e. The smallest absolute Gasteiger partial charge is 0.269 e. The number of benzene rings is 1. The Morgan fingerprint density at radius 3 is 2.42 bits per heavy atom. The minimum absolute atomic E-state index is 0.0587. The summed E-state index contributed by atoms with van der Waals surface area (Å²) in [5.41, 5.74) is 0.906. The zero-order valence-electron chi connectivity index (χ0n) is 14.9. The van der Waals surface area contributed by atoms with Crippen LogP contribution in [0, 0.1) is 16.0 Å². The predicted octanol–water partition coefficient (Wildman–Crippen LogP) is 3.06. The van der Waals surface area contributed by atoms with Gasteiger partial charge in [-0.25, -0.2) is 0 Å². The van der Waals surface area contributed by atoms with Gasteiger partial charge in [0.15, 0.2) is 0 Å². The number of nitro benzene ring substituents is 1. The summed E-state index contributed by atoms with van der Waals surface area (Å²) in [5.74, 6) is -0.0442. The molecule has 3 heterocycles. The van der Waals surface area contributed by atoms with Crippen molar-refractivity contribution >= 4 is 11.6 Å². The number of amides is 1. The highest BCUT2D eigenvalue weighted by Gasteiger charge is 2.49. The fourth-order valence-corrected chi connectivity index (χ4v) is 4.51. The van der Waals surface area contributed by atoms with Gasteiger partial charge in [-0.3, -0.25) is 19.7 Å². The van der Waals surface area contributed by atoms with E-state index < -0.39 is 4.92 Å². The van der Waals surface area contributed by atoms with Crippen LogP contribution in [-0.2, 0) is 9.63 Å². The second-order valence-electron chi connectivity index (χ2n) is 7.49. The first-order chi connectivity index (χ1) is 12.6. The molecule has 3 fully saturated rings. The number of nitrogens with zero attached hydrogens (tertiary/aromatic N) is 3. The fourth-order valence-electron chi connectivity index (χ4n) is 4.51. The summed E-state index contributed by atoms with van der Waals surface area (Å²) >= 11 is 0. The van der Waals surface area contributed by atoms with Crippen LogP contribution in [0.4, 0.5) is 5.69 Å². The van der Waals surface area contributed by atoms with E-state index in [0.29, 0.717) is 0 Å². The highest BCUT2D eigenvalue weighted by Crippen LogP contribution is 2.44. The van der Waals surface area contributed by atoms with Gasteiger partial charge < -0.3 is 4.90 Å². The van der Waals surface area contributed by atoms with E-state index in [9.17, 15) is 14.9 Å². The van der Waals surface area contributed by atoms with Crippen LogP contribution >= 0.6 is 0 Å². The van der Waals surface area contributed by atoms with E-state index in [4.69, 9.17) is 4.84 Å². The second kappa shape index (κ2) is 7.32. The molecule has 4 rings (SSSR count). The Kier molecular flexibility index (Phi) is 4.91. The molecule has 3 atom stereocenters. The maximum atomic E-state index is 13.3. The normalized spacial score (nSPS) is 29.4. The van der Waals surface area contributed by atoms with Crippen molar-refractivity contribution in [2.24, 2.45) is 5.92 Å². The van der Waals surface area contributed by atoms with E-state index in [1.54, 1.807) is 12.1 Å². The van der Waals surface area contributed by atoms with Gasteiger partial charge in [0.2, 0.25) is 5.91 Å². The molecule has 3 aliphatic heterocycles. The molecular formula is C19H25N3O4. The number of fused-ring (bicyclic) bond motifs is 1. The number of likely N-dealkylation sites (tertiary alicyclic amines) is 1. The molecule has 0 radical (unpaired) electrons. The van der Waals surface area contributed by atoms with Gasteiger partial charge in [0.05, 0.1) is 10.8 Å². The third-order valence-corrected chi connectivity index (χ3v) is 5.87. The first-order valence-corrected chi connectivity index (χ1v) is 9.62. The highest BCUT2D eigenvalue weighted by molar-refractivity contribution is 5.81. The molecule has 0 spiro atoms. The summed E-state index contributed by atoms with van der Waals surface area (Å²) in [6.45, 7) is 2.50. The van der Waals surface area contributed by atoms with Crippen LogP contribution in [-0.4, -0.2) is 46.5 Å². The molecule has 0 bridgehead atoms. The number of hydroxylamine groups is 2. The molecular weight excluding hydrogens is 334 g/mol. The van der Waals surface area contributed by atoms with Crippen molar-refractivity contribution in [2.75, 3.05) is 19.6 Å². The summed E-state index contributed by atoms with van der Waals surface area (Å²) in [5, 5.41) is 12.9. The predicted molar refractivity (Wildman–Crippen MR) is 95.2 cm³/mol. The summed E-state index contributed by atoms with van der Waals surface area (Å²) in [6, 6.07) is 6.57. The first-order valence-electron chi connectivity index (χ1n) is 9.62. The van der Waals surface area contributed by atoms with E-state index in [0.717, 1.165) is 57.3 Å². The number of hydrogen-bond acceptors (Lipinski definition) is 5. The Bertz CT molecular complexity index is 672. The number of hydrogen-bond donors (Lipinski definition) is 0. The second-order valence-corrected chi connectivity index (χ2v) is 7.49. The minimum atomic E-state index is -0.404. The molecule has 3 aliphatic rings. The molecule has 1 aromatic carbocycles. The number of nitro groups is 1. The number of carbonyl (C=O) groups is 1. The quantitative estimate of drug-likeness (QED) is 0.612. The van der Waals surface area contributed by atoms with E-state index in [2.05, 4.69) is 0 Å². The topological polar surface area (TPSA) is 75.9 Å². The van der Waals surface area contributed by atoms with E-state index in [1.165, 1.54) is 18.6 Å². The van der Waals surface area contributed by atoms with Gasteiger partial charge in [-0.2, -0.15) is 5.06 Å². The van der Waals surface area contributed by atoms with Gasteiger partial charge >= 0.3 is 0 Å². The van der Waals surface area contributed by atoms with Gasteiger partial charge in [-0.15, -0.1) is 0 Å². The molecule has 0 aromatic heterocycles. The standard InChI is InChI=1S/C19H25N3O4/c23-19(20-11-3-1-4-12-20)17-16-6-2-5-13-21(16)26-18(17)14-7-9-15(10-8-14)22(24)25/h7-10,16-18H,1-6,11-13H2/t16-,17+,18-/m0/s1. The van der Waals surface area contributed by atoms with Crippen molar-refractivity contribution in [3.63, 3.8) is 0 Å². The third kappa shape index (κ3) is 3.21. The van der Waals surface area contributed by atoms with Crippen LogP contribution in [0.25, 0.3) is 0 Å². The Morgan fingerprint density at radius 1 is 1.04 bits per heavy atom. The lowest BCUT2D eigenvalue weighted by Gasteiger charge is -2.34. The van der Waals surface area contributed by atoms with Gasteiger partial charge in [0.25, 0.3) is 5.69 Å². The van der Waals surface area contributed by atoms with E-state index in [-0.39, 0.29) is 29.7 Å². The monoisotopic (exact) mass is 359 g/mol. The highest BCUT2D eigenvalue weighted by atomic mass is 16.7. The van der Waals surface area contributed by atoms with Crippen molar-refractivity contribution < 1.29 is 14.6 Å². The lowest BCUT2D eigenvalue weighted by molar-refractivity contribution is -0.384. The maximum Gasteiger partial charge on any atom is 0.269 e. The van der Waals surface area contributed by atoms with Crippen LogP contribution in [0.1, 0.15) is 50.2 Å². The molecule has 1 amide bonds. The van der Waals surface area contributed by atoms with Crippen molar-refractivity contribution in [2.45, 2.75) is 50.7 Å². The molecule has 0 aliphatic carbocycles. The summed E-state index contributed by atoms with van der Waals surface area (Å²) in [6.07, 6.45) is 6.12. The van der Waals surface area contributed by atoms with E-state index >= 15 is 0 Å². The Hall–Kier alpha value is -1.99. The van der Waals surface area contributed by atoms with Gasteiger partial charge in [-0.1, -0.05) is 6.42 Å². The van der Waals surface area contributed by atoms with Crippen LogP contribution in [0.2, 0.25) is 0 Å². The average Bonchev–Trinajstić information content (AvgIpc) is 3.07. The zero-order chi connectivity index (χ0) is 18.1. The SMILES string of the molecule is O=C([C@H]1[C@H](c2ccc([N+](=O)[O-])cc2)ON2CCCC[C@@H]12)N1CCCCC1. The number of carbonyl (C=O) groups excluding carboxylic acids is 1. The molecule has 7 heteroatoms. The lowest BCUT2D eigenvalue weighted by Crippen LogP contribution is -2.46. The van der Waals surface area contributed by atoms with Crippen molar-refractivity contribution in [3.8, 4) is 0 Å². The third-order valence-electron chi connectivity index (χ3n) is 5.87. The number of rotatable bonds is 3. The fraction of sp³-hybridized carbons (Fsp3) is 0.632. The molecule has 0 N–H and O–H groups in total. The van der Waals surface area contributed by atoms with Crippen LogP contribution in [0.3, 0.4) is 0 Å². The van der Waals surface area contributed by atoms with Crippen molar-refractivity contribution in [1.29, 1.82) is 0 Å². The maximum absolute atomic E-state index is 13.3. The number of non-ortho nitro benzene ring substituents is 1. The summed E-state index contributed by atoms with van der Waals surface area (Å²) < 4.78 is 0. The number of piperidine rings is 2. The van der Waals surface area contributed by atoms with Crippen molar-refractivity contribution in [3.05, 3.63) is 39.9 Å². The summed E-state index contributed by atoms with van der Waals surface area (Å²) in [4.78, 5) is 32.0. The molecule has 0 saturated carbocycles. The lowest BCUT2D eigenvalue weighted by atomic mass is 9.84. The molecule has 140 valence electrons. The minimum Gasteiger partial charge on any atom is -0.342 e. The van der Waals surface area contributed by atoms with Crippen molar-refractivity contribution in [1.82, 2.24) is 9.96 Å². The van der Waals surface area contributed by atoms with Gasteiger partial charge in [0, 0.05) is 37.8 Å². The summed E-state index contributed by atoms with van der Waals surface area (Å²) in [7, 11) is 0. The van der Waals surface area contributed by atoms with Crippen LogP contribution < -0.4 is 0 Å². The van der Waals surface area contributed by atoms with Crippen LogP contribution in [0.15, 0.2) is 24.3 Å². The Balaban J connectivity index is 1.62. The molecule has 0 unspecified atom stereocenters. The molecule has 7 nitrogen and oxygen atoms in total. The van der Waals surface area contributed by atoms with Gasteiger partial charge in [-0.05, 0) is 49.8 Å². The Morgan fingerprint density at radius 2 is 1.73 bits per heavy atom. The molecule has 1 aromatic rings. The Labute approximate surface area is 153 Å². The average molecular weight is 359 g/mol. The van der Waals surface area contributed by atoms with Crippen LogP contribution in [0.5, 0.6) is 0 Å². The molecule has 26 heavy (non-hydrogen) atoms. The first kappa shape index (κ1) is 17.4. The molecule has 3 saturated heterocycles.